The number of aromatic hydroxyl groups is 1. The van der Waals surface area contributed by atoms with Gasteiger partial charge in [0.2, 0.25) is 0 Å². The lowest BCUT2D eigenvalue weighted by molar-refractivity contribution is 0.129. The molecule has 1 aromatic carbocycles. The fraction of sp³-hybridized carbons (Fsp3) is 0.538. The number of aliphatic hydroxyl groups is 1. The molecule has 0 fully saturated rings. The highest BCUT2D eigenvalue weighted by atomic mass is 16.3. The van der Waals surface area contributed by atoms with Crippen LogP contribution in [0.15, 0.2) is 24.3 Å². The lowest BCUT2D eigenvalue weighted by Crippen LogP contribution is -2.20. The molecular weight excluding hydrogens is 188 g/mol. The summed E-state index contributed by atoms with van der Waals surface area (Å²) in [5, 5.41) is 18.5. The molecule has 1 atom stereocenters. The van der Waals surface area contributed by atoms with Gasteiger partial charge in [0.25, 0.3) is 0 Å². The highest BCUT2D eigenvalue weighted by molar-refractivity contribution is 5.26. The summed E-state index contributed by atoms with van der Waals surface area (Å²) in [7, 11) is 0. The first-order valence-electron chi connectivity index (χ1n) is 5.35. The van der Waals surface area contributed by atoms with E-state index in [1.54, 1.807) is 12.1 Å². The van der Waals surface area contributed by atoms with Gasteiger partial charge in [-0.1, -0.05) is 26.0 Å². The van der Waals surface area contributed by atoms with Crippen molar-refractivity contribution in [3.05, 3.63) is 29.8 Å². The number of aliphatic hydroxyl groups excluding tert-OH is 1. The van der Waals surface area contributed by atoms with Crippen molar-refractivity contribution < 1.29 is 10.2 Å². The number of hydrogen-bond donors (Lipinski definition) is 2. The minimum Gasteiger partial charge on any atom is -0.508 e. The van der Waals surface area contributed by atoms with Gasteiger partial charge < -0.3 is 10.2 Å². The van der Waals surface area contributed by atoms with Crippen LogP contribution in [0.1, 0.15) is 32.8 Å². The van der Waals surface area contributed by atoms with Gasteiger partial charge in [0.05, 0.1) is 6.10 Å². The molecule has 0 aromatic heterocycles. The topological polar surface area (TPSA) is 40.5 Å². The van der Waals surface area contributed by atoms with Crippen LogP contribution in [0.25, 0.3) is 0 Å². The smallest absolute Gasteiger partial charge is 0.115 e. The van der Waals surface area contributed by atoms with Crippen LogP contribution in [0.5, 0.6) is 5.75 Å². The van der Waals surface area contributed by atoms with Crippen LogP contribution in [-0.4, -0.2) is 16.3 Å². The van der Waals surface area contributed by atoms with Gasteiger partial charge in [-0.3, -0.25) is 0 Å². The fourth-order valence-electron chi connectivity index (χ4n) is 2.04. The van der Waals surface area contributed by atoms with Crippen molar-refractivity contribution in [2.45, 2.75) is 39.7 Å². The first-order chi connectivity index (χ1) is 6.89. The van der Waals surface area contributed by atoms with Crippen molar-refractivity contribution >= 4 is 0 Å². The molecule has 0 aliphatic rings. The van der Waals surface area contributed by atoms with E-state index in [9.17, 15) is 5.11 Å². The Kier molecular flexibility index (Phi) is 3.75. The number of phenolic OH excluding ortho intramolecular Hbond substituents is 1. The van der Waals surface area contributed by atoms with Crippen LogP contribution in [0.4, 0.5) is 0 Å². The summed E-state index contributed by atoms with van der Waals surface area (Å²) in [5.74, 6) is 0.298. The van der Waals surface area contributed by atoms with E-state index in [1.807, 2.05) is 19.1 Å². The lowest BCUT2D eigenvalue weighted by Gasteiger charge is -2.26. The maximum Gasteiger partial charge on any atom is 0.115 e. The Morgan fingerprint density at radius 1 is 1.20 bits per heavy atom. The Balaban J connectivity index is 2.64. The first kappa shape index (κ1) is 12.1. The van der Waals surface area contributed by atoms with Crippen molar-refractivity contribution in [1.29, 1.82) is 0 Å². The molecule has 15 heavy (non-hydrogen) atoms. The molecule has 0 bridgehead atoms. The standard InChI is InChI=1S/C13H20O2/c1-10(14)8-13(2,3)9-11-4-6-12(15)7-5-11/h4-7,10,14-15H,8-9H2,1-3H3. The molecule has 2 N–H and O–H groups in total. The molecule has 2 heteroatoms. The summed E-state index contributed by atoms with van der Waals surface area (Å²) in [6.07, 6.45) is 1.43. The average molecular weight is 208 g/mol. The van der Waals surface area contributed by atoms with E-state index in [0.717, 1.165) is 12.8 Å². The van der Waals surface area contributed by atoms with Crippen molar-refractivity contribution in [2.75, 3.05) is 0 Å². The van der Waals surface area contributed by atoms with Gasteiger partial charge in [0.1, 0.15) is 5.75 Å². The number of benzene rings is 1. The van der Waals surface area contributed by atoms with Gasteiger partial charge >= 0.3 is 0 Å². The normalized spacial score (nSPS) is 13.9. The molecule has 0 aliphatic carbocycles. The Morgan fingerprint density at radius 3 is 2.20 bits per heavy atom. The number of phenols is 1. The van der Waals surface area contributed by atoms with Crippen molar-refractivity contribution in [3.63, 3.8) is 0 Å². The largest absolute Gasteiger partial charge is 0.508 e. The van der Waals surface area contributed by atoms with Crippen LogP contribution in [-0.2, 0) is 6.42 Å². The van der Waals surface area contributed by atoms with Gasteiger partial charge in [-0.15, -0.1) is 0 Å². The summed E-state index contributed by atoms with van der Waals surface area (Å²) in [5.41, 5.74) is 1.28. The maximum atomic E-state index is 9.37. The predicted octanol–water partition coefficient (Wildman–Crippen LogP) is 2.73. The Morgan fingerprint density at radius 2 is 1.73 bits per heavy atom. The summed E-state index contributed by atoms with van der Waals surface area (Å²) in [6.45, 7) is 6.11. The van der Waals surface area contributed by atoms with Crippen LogP contribution >= 0.6 is 0 Å². The van der Waals surface area contributed by atoms with Gasteiger partial charge in [0, 0.05) is 0 Å². The molecule has 84 valence electrons. The number of hydrogen-bond acceptors (Lipinski definition) is 2. The zero-order valence-electron chi connectivity index (χ0n) is 9.70. The van der Waals surface area contributed by atoms with Gasteiger partial charge in [-0.25, -0.2) is 0 Å². The first-order valence-corrected chi connectivity index (χ1v) is 5.35. The SMILES string of the molecule is CC(O)CC(C)(C)Cc1ccc(O)cc1. The van der Waals surface area contributed by atoms with Gasteiger partial charge in [0.15, 0.2) is 0 Å². The van der Waals surface area contributed by atoms with E-state index in [0.29, 0.717) is 5.75 Å². The Labute approximate surface area is 91.6 Å². The third-order valence-electron chi connectivity index (χ3n) is 2.47. The molecule has 0 amide bonds. The fourth-order valence-corrected chi connectivity index (χ4v) is 2.04. The second-order valence-electron chi connectivity index (χ2n) is 5.06. The lowest BCUT2D eigenvalue weighted by atomic mass is 9.81. The summed E-state index contributed by atoms with van der Waals surface area (Å²) in [6, 6.07) is 7.26. The van der Waals surface area contributed by atoms with Gasteiger partial charge in [-0.2, -0.15) is 0 Å². The number of rotatable bonds is 4. The molecular formula is C13H20O2. The van der Waals surface area contributed by atoms with E-state index in [2.05, 4.69) is 13.8 Å². The third kappa shape index (κ3) is 4.34. The summed E-state index contributed by atoms with van der Waals surface area (Å²) in [4.78, 5) is 0. The van der Waals surface area contributed by atoms with Crippen molar-refractivity contribution in [1.82, 2.24) is 0 Å². The van der Waals surface area contributed by atoms with Crippen LogP contribution in [0, 0.1) is 5.41 Å². The molecule has 0 radical (unpaired) electrons. The Bertz CT molecular complexity index is 299. The van der Waals surface area contributed by atoms with E-state index < -0.39 is 0 Å². The van der Waals surface area contributed by atoms with Gasteiger partial charge in [-0.05, 0) is 42.9 Å². The molecule has 0 aliphatic heterocycles. The molecule has 1 unspecified atom stereocenters. The summed E-state index contributed by atoms with van der Waals surface area (Å²) < 4.78 is 0. The van der Waals surface area contributed by atoms with Crippen LogP contribution in [0.2, 0.25) is 0 Å². The second kappa shape index (κ2) is 4.67. The molecule has 2 nitrogen and oxygen atoms in total. The van der Waals surface area contributed by atoms with E-state index in [1.165, 1.54) is 5.56 Å². The quantitative estimate of drug-likeness (QED) is 0.798. The minimum atomic E-state index is -0.267. The summed E-state index contributed by atoms with van der Waals surface area (Å²) >= 11 is 0. The molecule has 0 saturated heterocycles. The predicted molar refractivity (Wildman–Crippen MR) is 61.9 cm³/mol. The highest BCUT2D eigenvalue weighted by Gasteiger charge is 2.20. The third-order valence-corrected chi connectivity index (χ3v) is 2.47. The van der Waals surface area contributed by atoms with E-state index in [-0.39, 0.29) is 11.5 Å². The molecule has 1 aromatic rings. The molecule has 1 rings (SSSR count). The Hall–Kier alpha value is -1.02. The van der Waals surface area contributed by atoms with Crippen LogP contribution < -0.4 is 0 Å². The molecule has 0 heterocycles. The monoisotopic (exact) mass is 208 g/mol. The van der Waals surface area contributed by atoms with E-state index in [4.69, 9.17) is 5.11 Å². The minimum absolute atomic E-state index is 0.0884. The highest BCUT2D eigenvalue weighted by Crippen LogP contribution is 2.28. The molecule has 0 spiro atoms. The second-order valence-corrected chi connectivity index (χ2v) is 5.06. The zero-order valence-corrected chi connectivity index (χ0v) is 9.70. The van der Waals surface area contributed by atoms with Crippen molar-refractivity contribution in [2.24, 2.45) is 5.41 Å². The van der Waals surface area contributed by atoms with E-state index >= 15 is 0 Å². The zero-order chi connectivity index (χ0) is 11.5. The maximum absolute atomic E-state index is 9.37. The average Bonchev–Trinajstić information content (AvgIpc) is 2.06. The van der Waals surface area contributed by atoms with Crippen molar-refractivity contribution in [3.8, 4) is 5.75 Å². The van der Waals surface area contributed by atoms with Crippen LogP contribution in [0.3, 0.4) is 0 Å². The molecule has 0 saturated carbocycles.